The third-order valence-corrected chi connectivity index (χ3v) is 5.25. The van der Waals surface area contributed by atoms with Gasteiger partial charge < -0.3 is 15.0 Å². The molecule has 1 atom stereocenters. The Bertz CT molecular complexity index is 991. The molecule has 2 fully saturated rings. The molecule has 4 amide bonds. The first-order chi connectivity index (χ1) is 15.0. The first-order valence-corrected chi connectivity index (χ1v) is 10.4. The Morgan fingerprint density at radius 2 is 1.90 bits per heavy atom. The van der Waals surface area contributed by atoms with Crippen LogP contribution in [0, 0.1) is 5.82 Å². The number of nitrogens with zero attached hydrogens (tertiary/aromatic N) is 2. The van der Waals surface area contributed by atoms with Gasteiger partial charge in [-0.3, -0.25) is 9.59 Å². The highest BCUT2D eigenvalue weighted by atomic mass is 19.1. The molecule has 1 N–H and O–H groups in total. The minimum atomic E-state index is -0.907. The summed E-state index contributed by atoms with van der Waals surface area (Å²) >= 11 is 0. The van der Waals surface area contributed by atoms with Crippen molar-refractivity contribution in [1.82, 2.24) is 4.90 Å². The van der Waals surface area contributed by atoms with E-state index in [4.69, 9.17) is 4.74 Å². The van der Waals surface area contributed by atoms with Crippen molar-refractivity contribution >= 4 is 29.2 Å². The Balaban J connectivity index is 1.46. The number of benzene rings is 2. The van der Waals surface area contributed by atoms with Crippen molar-refractivity contribution in [1.29, 1.82) is 0 Å². The summed E-state index contributed by atoms with van der Waals surface area (Å²) in [6.45, 7) is 2.63. The van der Waals surface area contributed by atoms with Gasteiger partial charge in [0.2, 0.25) is 5.91 Å². The highest BCUT2D eigenvalue weighted by Crippen LogP contribution is 2.36. The molecule has 2 aromatic rings. The van der Waals surface area contributed by atoms with E-state index in [0.717, 1.165) is 30.2 Å². The van der Waals surface area contributed by atoms with Crippen molar-refractivity contribution in [3.05, 3.63) is 54.3 Å². The molecule has 2 aliphatic rings. The van der Waals surface area contributed by atoms with Gasteiger partial charge in [-0.05, 0) is 61.7 Å². The summed E-state index contributed by atoms with van der Waals surface area (Å²) < 4.78 is 19.2. The maximum Gasteiger partial charge on any atom is 0.332 e. The van der Waals surface area contributed by atoms with Crippen LogP contribution in [0.3, 0.4) is 0 Å². The Morgan fingerprint density at radius 1 is 1.16 bits per heavy atom. The van der Waals surface area contributed by atoms with E-state index in [-0.39, 0.29) is 24.1 Å². The summed E-state index contributed by atoms with van der Waals surface area (Å²) in [6, 6.07) is 10.8. The molecule has 1 aliphatic heterocycles. The SMILES string of the molecule is CCCOc1ccc(NC(=O)CC2C(=O)N(c3cccc(F)c3)C(=O)N2C2CC2)cc1. The van der Waals surface area contributed by atoms with Crippen molar-refractivity contribution in [2.24, 2.45) is 0 Å². The van der Waals surface area contributed by atoms with Crippen molar-refractivity contribution in [3.63, 3.8) is 0 Å². The number of nitrogens with one attached hydrogen (secondary N) is 1. The van der Waals surface area contributed by atoms with Crippen LogP contribution >= 0.6 is 0 Å². The second-order valence-electron chi connectivity index (χ2n) is 7.72. The predicted octanol–water partition coefficient (Wildman–Crippen LogP) is 3.94. The molecule has 1 unspecified atom stereocenters. The second-order valence-corrected chi connectivity index (χ2v) is 7.72. The highest BCUT2D eigenvalue weighted by molar-refractivity contribution is 6.22. The molecule has 1 saturated heterocycles. The Hall–Kier alpha value is -3.42. The fraction of sp³-hybridized carbons (Fsp3) is 0.348. The van der Waals surface area contributed by atoms with E-state index in [9.17, 15) is 18.8 Å². The first kappa shape index (κ1) is 20.8. The van der Waals surface area contributed by atoms with Crippen LogP contribution in [0.5, 0.6) is 5.75 Å². The van der Waals surface area contributed by atoms with Crippen molar-refractivity contribution < 1.29 is 23.5 Å². The molecule has 4 rings (SSSR count). The zero-order chi connectivity index (χ0) is 22.0. The maximum absolute atomic E-state index is 13.7. The summed E-state index contributed by atoms with van der Waals surface area (Å²) in [4.78, 5) is 41.1. The maximum atomic E-state index is 13.7. The average molecular weight is 425 g/mol. The molecule has 0 bridgehead atoms. The van der Waals surface area contributed by atoms with Crippen LogP contribution in [-0.4, -0.2) is 41.4 Å². The zero-order valence-electron chi connectivity index (χ0n) is 17.2. The molecule has 0 aromatic heterocycles. The smallest absolute Gasteiger partial charge is 0.332 e. The third kappa shape index (κ3) is 4.52. The highest BCUT2D eigenvalue weighted by Gasteiger charge is 2.52. The first-order valence-electron chi connectivity index (χ1n) is 10.4. The van der Waals surface area contributed by atoms with Gasteiger partial charge in [0.05, 0.1) is 18.7 Å². The predicted molar refractivity (Wildman–Crippen MR) is 113 cm³/mol. The van der Waals surface area contributed by atoms with Gasteiger partial charge in [-0.25, -0.2) is 14.1 Å². The van der Waals surface area contributed by atoms with Crippen LogP contribution in [0.1, 0.15) is 32.6 Å². The van der Waals surface area contributed by atoms with Crippen LogP contribution in [0.4, 0.5) is 20.6 Å². The fourth-order valence-corrected chi connectivity index (χ4v) is 3.66. The molecule has 7 nitrogen and oxygen atoms in total. The van der Waals surface area contributed by atoms with E-state index in [0.29, 0.717) is 18.0 Å². The van der Waals surface area contributed by atoms with Gasteiger partial charge in [0, 0.05) is 11.7 Å². The number of carbonyl (C=O) groups excluding carboxylic acids is 3. The summed E-state index contributed by atoms with van der Waals surface area (Å²) in [5, 5.41) is 2.77. The lowest BCUT2D eigenvalue weighted by Gasteiger charge is -2.21. The molecular weight excluding hydrogens is 401 g/mol. The quantitative estimate of drug-likeness (QED) is 0.650. The Kier molecular flexibility index (Phi) is 5.88. The molecule has 2 aromatic carbocycles. The number of carbonyl (C=O) groups is 3. The summed E-state index contributed by atoms with van der Waals surface area (Å²) in [5.41, 5.74) is 0.747. The van der Waals surface area contributed by atoms with Crippen LogP contribution in [0.25, 0.3) is 0 Å². The number of anilines is 2. The van der Waals surface area contributed by atoms with Gasteiger partial charge in [-0.2, -0.15) is 0 Å². The average Bonchev–Trinajstić information content (AvgIpc) is 3.54. The van der Waals surface area contributed by atoms with Gasteiger partial charge in [0.1, 0.15) is 17.6 Å². The molecule has 0 radical (unpaired) electrons. The number of urea groups is 1. The molecule has 8 heteroatoms. The Morgan fingerprint density at radius 3 is 2.55 bits per heavy atom. The number of halogens is 1. The van der Waals surface area contributed by atoms with Gasteiger partial charge in [0.25, 0.3) is 5.91 Å². The number of rotatable bonds is 8. The van der Waals surface area contributed by atoms with Crippen LogP contribution in [0.15, 0.2) is 48.5 Å². The molecule has 1 aliphatic carbocycles. The van der Waals surface area contributed by atoms with Gasteiger partial charge in [0.15, 0.2) is 0 Å². The Labute approximate surface area is 179 Å². The van der Waals surface area contributed by atoms with Crippen LogP contribution < -0.4 is 15.0 Å². The van der Waals surface area contributed by atoms with Gasteiger partial charge in [-0.1, -0.05) is 13.0 Å². The molecule has 1 heterocycles. The lowest BCUT2D eigenvalue weighted by Crippen LogP contribution is -2.39. The van der Waals surface area contributed by atoms with E-state index >= 15 is 0 Å². The summed E-state index contributed by atoms with van der Waals surface area (Å²) in [6.07, 6.45) is 2.30. The number of ether oxygens (including phenoxy) is 1. The van der Waals surface area contributed by atoms with E-state index in [1.807, 2.05) is 6.92 Å². The van der Waals surface area contributed by atoms with E-state index in [1.54, 1.807) is 24.3 Å². The van der Waals surface area contributed by atoms with Crippen molar-refractivity contribution in [2.45, 2.75) is 44.7 Å². The lowest BCUT2D eigenvalue weighted by atomic mass is 10.1. The molecule has 1 saturated carbocycles. The fourth-order valence-electron chi connectivity index (χ4n) is 3.66. The monoisotopic (exact) mass is 425 g/mol. The lowest BCUT2D eigenvalue weighted by molar-refractivity contribution is -0.124. The molecule has 31 heavy (non-hydrogen) atoms. The molecule has 162 valence electrons. The van der Waals surface area contributed by atoms with Crippen molar-refractivity contribution in [2.75, 3.05) is 16.8 Å². The number of imide groups is 1. The van der Waals surface area contributed by atoms with E-state index < -0.39 is 23.8 Å². The third-order valence-electron chi connectivity index (χ3n) is 5.25. The topological polar surface area (TPSA) is 79.0 Å². The van der Waals surface area contributed by atoms with Crippen LogP contribution in [0.2, 0.25) is 0 Å². The van der Waals surface area contributed by atoms with Gasteiger partial charge >= 0.3 is 6.03 Å². The summed E-state index contributed by atoms with van der Waals surface area (Å²) in [5.74, 6) is -0.716. The standard InChI is InChI=1S/C23H24FN3O4/c1-2-12-31-19-10-6-16(7-11-19)25-21(28)14-20-22(29)27(18-5-3-4-15(24)13-18)23(30)26(20)17-8-9-17/h3-7,10-11,13,17,20H,2,8-9,12,14H2,1H3,(H,25,28). The summed E-state index contributed by atoms with van der Waals surface area (Å²) in [7, 11) is 0. The number of hydrogen-bond acceptors (Lipinski definition) is 4. The van der Waals surface area contributed by atoms with Crippen LogP contribution in [-0.2, 0) is 9.59 Å². The van der Waals surface area contributed by atoms with E-state index in [2.05, 4.69) is 5.32 Å². The number of hydrogen-bond donors (Lipinski definition) is 1. The second kappa shape index (κ2) is 8.75. The van der Waals surface area contributed by atoms with Crippen molar-refractivity contribution in [3.8, 4) is 5.75 Å². The largest absolute Gasteiger partial charge is 0.494 e. The minimum Gasteiger partial charge on any atom is -0.494 e. The minimum absolute atomic E-state index is 0.0668. The molecule has 0 spiro atoms. The van der Waals surface area contributed by atoms with E-state index in [1.165, 1.54) is 23.1 Å². The molecular formula is C23H24FN3O4. The zero-order valence-corrected chi connectivity index (χ0v) is 17.2. The normalized spacial score (nSPS) is 18.5. The number of amides is 4. The van der Waals surface area contributed by atoms with Gasteiger partial charge in [-0.15, -0.1) is 0 Å².